The maximum absolute atomic E-state index is 6.14. The molecule has 0 radical (unpaired) electrons. The van der Waals surface area contributed by atoms with E-state index in [1.807, 2.05) is 0 Å². The Labute approximate surface area is 85.3 Å². The van der Waals surface area contributed by atoms with Crippen LogP contribution in [-0.4, -0.2) is 6.04 Å². The van der Waals surface area contributed by atoms with Gasteiger partial charge in [0.1, 0.15) is 0 Å². The van der Waals surface area contributed by atoms with Crippen molar-refractivity contribution in [3.63, 3.8) is 0 Å². The summed E-state index contributed by atoms with van der Waals surface area (Å²) >= 11 is 0. The zero-order valence-corrected chi connectivity index (χ0v) is 8.45. The summed E-state index contributed by atoms with van der Waals surface area (Å²) in [7, 11) is 0. The van der Waals surface area contributed by atoms with Gasteiger partial charge in [-0.3, -0.25) is 0 Å². The van der Waals surface area contributed by atoms with E-state index in [4.69, 9.17) is 5.73 Å². The van der Waals surface area contributed by atoms with Crippen molar-refractivity contribution in [1.29, 1.82) is 0 Å². The Balaban J connectivity index is 1.93. The minimum atomic E-state index is 0.462. The average Bonchev–Trinajstić information content (AvgIpc) is 2.97. The second-order valence-electron chi connectivity index (χ2n) is 4.89. The molecule has 2 N–H and O–H groups in total. The highest BCUT2D eigenvalue weighted by Gasteiger charge is 2.58. The van der Waals surface area contributed by atoms with Crippen LogP contribution < -0.4 is 5.73 Å². The molecule has 0 bridgehead atoms. The van der Waals surface area contributed by atoms with Crippen LogP contribution in [0.5, 0.6) is 0 Å². The molecular formula is C13H17N. The molecule has 0 heterocycles. The fraction of sp³-hybridized carbons (Fsp3) is 0.538. The van der Waals surface area contributed by atoms with Crippen LogP contribution in [0.2, 0.25) is 0 Å². The molecule has 3 rings (SSSR count). The molecule has 14 heavy (non-hydrogen) atoms. The van der Waals surface area contributed by atoms with Crippen molar-refractivity contribution < 1.29 is 0 Å². The predicted octanol–water partition coefficient (Wildman–Crippen LogP) is 2.46. The zero-order valence-electron chi connectivity index (χ0n) is 8.45. The average molecular weight is 187 g/mol. The Morgan fingerprint density at radius 1 is 1.21 bits per heavy atom. The molecule has 0 spiro atoms. The van der Waals surface area contributed by atoms with E-state index >= 15 is 0 Å². The fourth-order valence-electron chi connectivity index (χ4n) is 3.28. The number of benzene rings is 1. The Morgan fingerprint density at radius 3 is 2.79 bits per heavy atom. The van der Waals surface area contributed by atoms with Crippen LogP contribution >= 0.6 is 0 Å². The molecule has 0 aromatic heterocycles. The summed E-state index contributed by atoms with van der Waals surface area (Å²) < 4.78 is 0. The molecule has 1 nitrogen and oxygen atoms in total. The third-order valence-corrected chi connectivity index (χ3v) is 4.16. The lowest BCUT2D eigenvalue weighted by atomic mass is 9.81. The number of nitrogens with two attached hydrogens (primary N) is 1. The van der Waals surface area contributed by atoms with Gasteiger partial charge in [-0.05, 0) is 36.2 Å². The third-order valence-electron chi connectivity index (χ3n) is 4.16. The minimum Gasteiger partial charge on any atom is -0.327 e. The molecule has 3 atom stereocenters. The van der Waals surface area contributed by atoms with Gasteiger partial charge < -0.3 is 5.73 Å². The number of hydrogen-bond donors (Lipinski definition) is 1. The SMILES string of the molecule is NC1CCCC2(c3ccccc3)CC12. The first-order valence-corrected chi connectivity index (χ1v) is 5.64. The number of rotatable bonds is 1. The summed E-state index contributed by atoms with van der Waals surface area (Å²) in [6.07, 6.45) is 5.24. The van der Waals surface area contributed by atoms with E-state index in [9.17, 15) is 0 Å². The number of hydrogen-bond acceptors (Lipinski definition) is 1. The van der Waals surface area contributed by atoms with Crippen LogP contribution in [-0.2, 0) is 5.41 Å². The van der Waals surface area contributed by atoms with Crippen LogP contribution in [0, 0.1) is 5.92 Å². The molecule has 1 aromatic carbocycles. The van der Waals surface area contributed by atoms with Crippen molar-refractivity contribution >= 4 is 0 Å². The second-order valence-corrected chi connectivity index (χ2v) is 4.89. The van der Waals surface area contributed by atoms with Crippen molar-refractivity contribution in [3.8, 4) is 0 Å². The van der Waals surface area contributed by atoms with Gasteiger partial charge in [0.2, 0.25) is 0 Å². The van der Waals surface area contributed by atoms with Gasteiger partial charge in [0, 0.05) is 6.04 Å². The number of fused-ring (bicyclic) bond motifs is 1. The second kappa shape index (κ2) is 2.83. The molecule has 74 valence electrons. The minimum absolute atomic E-state index is 0.462. The van der Waals surface area contributed by atoms with Crippen LogP contribution in [0.15, 0.2) is 30.3 Å². The van der Waals surface area contributed by atoms with E-state index in [2.05, 4.69) is 30.3 Å². The molecule has 0 saturated heterocycles. The quantitative estimate of drug-likeness (QED) is 0.718. The van der Waals surface area contributed by atoms with Crippen LogP contribution in [0.4, 0.5) is 0 Å². The smallest absolute Gasteiger partial charge is 0.00760 e. The summed E-state index contributed by atoms with van der Waals surface area (Å²) in [5, 5.41) is 0. The van der Waals surface area contributed by atoms with Crippen molar-refractivity contribution in [2.24, 2.45) is 11.7 Å². The molecule has 1 aromatic rings. The van der Waals surface area contributed by atoms with Gasteiger partial charge >= 0.3 is 0 Å². The summed E-state index contributed by atoms with van der Waals surface area (Å²) in [6.45, 7) is 0. The molecule has 3 unspecified atom stereocenters. The third kappa shape index (κ3) is 1.05. The maximum atomic E-state index is 6.14. The fourth-order valence-corrected chi connectivity index (χ4v) is 3.28. The molecule has 1 heteroatoms. The van der Waals surface area contributed by atoms with Crippen LogP contribution in [0.1, 0.15) is 31.2 Å². The lowest BCUT2D eigenvalue weighted by molar-refractivity contribution is 0.380. The van der Waals surface area contributed by atoms with Crippen molar-refractivity contribution in [1.82, 2.24) is 0 Å². The lowest BCUT2D eigenvalue weighted by Crippen LogP contribution is -2.31. The van der Waals surface area contributed by atoms with Crippen molar-refractivity contribution in [2.75, 3.05) is 0 Å². The van der Waals surface area contributed by atoms with E-state index in [1.54, 1.807) is 0 Å². The molecule has 2 aliphatic carbocycles. The van der Waals surface area contributed by atoms with Gasteiger partial charge in [0.15, 0.2) is 0 Å². The largest absolute Gasteiger partial charge is 0.327 e. The van der Waals surface area contributed by atoms with Gasteiger partial charge in [-0.2, -0.15) is 0 Å². The molecule has 0 amide bonds. The molecule has 0 aliphatic heterocycles. The summed E-state index contributed by atoms with van der Waals surface area (Å²) in [6, 6.07) is 11.4. The van der Waals surface area contributed by atoms with Crippen molar-refractivity contribution in [3.05, 3.63) is 35.9 Å². The molecular weight excluding hydrogens is 170 g/mol. The standard InChI is InChI=1S/C13H17N/c14-12-7-4-8-13(9-11(12)13)10-5-2-1-3-6-10/h1-3,5-6,11-12H,4,7-9,14H2. The van der Waals surface area contributed by atoms with Crippen LogP contribution in [0.3, 0.4) is 0 Å². The Hall–Kier alpha value is -0.820. The van der Waals surface area contributed by atoms with E-state index in [1.165, 1.54) is 31.2 Å². The first-order valence-electron chi connectivity index (χ1n) is 5.64. The lowest BCUT2D eigenvalue weighted by Gasteiger charge is -2.26. The van der Waals surface area contributed by atoms with E-state index in [0.717, 1.165) is 5.92 Å². The molecule has 2 fully saturated rings. The first-order chi connectivity index (χ1) is 6.83. The van der Waals surface area contributed by atoms with E-state index in [-0.39, 0.29) is 0 Å². The van der Waals surface area contributed by atoms with Crippen LogP contribution in [0.25, 0.3) is 0 Å². The molecule has 2 aliphatic rings. The van der Waals surface area contributed by atoms with E-state index in [0.29, 0.717) is 11.5 Å². The monoisotopic (exact) mass is 187 g/mol. The normalized spacial score (nSPS) is 40.4. The Kier molecular flexibility index (Phi) is 1.72. The van der Waals surface area contributed by atoms with Gasteiger partial charge in [0.05, 0.1) is 0 Å². The highest BCUT2D eigenvalue weighted by Crippen LogP contribution is 2.61. The van der Waals surface area contributed by atoms with Gasteiger partial charge in [-0.1, -0.05) is 36.8 Å². The summed E-state index contributed by atoms with van der Waals surface area (Å²) in [4.78, 5) is 0. The predicted molar refractivity (Wildman–Crippen MR) is 58.1 cm³/mol. The van der Waals surface area contributed by atoms with Crippen molar-refractivity contribution in [2.45, 2.75) is 37.1 Å². The highest BCUT2D eigenvalue weighted by atomic mass is 14.8. The zero-order chi connectivity index (χ0) is 9.60. The Morgan fingerprint density at radius 2 is 2.00 bits per heavy atom. The Bertz CT molecular complexity index is 332. The summed E-state index contributed by atoms with van der Waals surface area (Å²) in [5.41, 5.74) is 8.16. The summed E-state index contributed by atoms with van der Waals surface area (Å²) in [5.74, 6) is 0.777. The first kappa shape index (κ1) is 8.49. The van der Waals surface area contributed by atoms with Gasteiger partial charge in [0.25, 0.3) is 0 Å². The van der Waals surface area contributed by atoms with E-state index < -0.39 is 0 Å². The topological polar surface area (TPSA) is 26.0 Å². The van der Waals surface area contributed by atoms with Gasteiger partial charge in [-0.15, -0.1) is 0 Å². The highest BCUT2D eigenvalue weighted by molar-refractivity contribution is 5.35. The maximum Gasteiger partial charge on any atom is 0.00760 e. The molecule has 2 saturated carbocycles. The van der Waals surface area contributed by atoms with Gasteiger partial charge in [-0.25, -0.2) is 0 Å².